The third-order valence-corrected chi connectivity index (χ3v) is 3.95. The van der Waals surface area contributed by atoms with E-state index in [2.05, 4.69) is 5.32 Å². The highest BCUT2D eigenvalue weighted by atomic mass is 35.5. The van der Waals surface area contributed by atoms with Crippen LogP contribution in [0.15, 0.2) is 42.5 Å². The second-order valence-electron chi connectivity index (χ2n) is 5.35. The monoisotopic (exact) mass is 392 g/mol. The molecule has 136 valence electrons. The average Bonchev–Trinajstić information content (AvgIpc) is 2.63. The molecule has 0 saturated carbocycles. The van der Waals surface area contributed by atoms with Gasteiger partial charge in [-0.1, -0.05) is 35.3 Å². The second kappa shape index (κ2) is 10.5. The van der Waals surface area contributed by atoms with Gasteiger partial charge >= 0.3 is 0 Å². The smallest absolute Gasteiger partial charge is 0.234 e. The lowest BCUT2D eigenvalue weighted by Gasteiger charge is -2.10. The van der Waals surface area contributed by atoms with Crippen molar-refractivity contribution in [2.45, 2.75) is 12.8 Å². The number of rotatable bonds is 9. The molecule has 0 aliphatic rings. The molecule has 5 nitrogen and oxygen atoms in total. The summed E-state index contributed by atoms with van der Waals surface area (Å²) in [6.45, 7) is 1.20. The van der Waals surface area contributed by atoms with Gasteiger partial charge in [0.2, 0.25) is 5.91 Å². The molecular weight excluding hydrogens is 375 g/mol. The Labute approximate surface area is 162 Å². The van der Waals surface area contributed by atoms with E-state index in [0.29, 0.717) is 42.0 Å². The molecular formula is C19H18Cl2N2O3. The van der Waals surface area contributed by atoms with Crippen LogP contribution < -0.4 is 14.8 Å². The van der Waals surface area contributed by atoms with E-state index >= 15 is 0 Å². The summed E-state index contributed by atoms with van der Waals surface area (Å²) in [6, 6.07) is 14.4. The number of nitriles is 1. The van der Waals surface area contributed by atoms with Gasteiger partial charge in [0.25, 0.3) is 0 Å². The fourth-order valence-corrected chi connectivity index (χ4v) is 2.47. The van der Waals surface area contributed by atoms with E-state index in [1.54, 1.807) is 18.2 Å². The number of nitrogens with zero attached hydrogens (tertiary/aromatic N) is 1. The van der Waals surface area contributed by atoms with Crippen LogP contribution >= 0.6 is 23.2 Å². The van der Waals surface area contributed by atoms with Crippen LogP contribution in [0.1, 0.15) is 12.0 Å². The molecule has 0 heterocycles. The van der Waals surface area contributed by atoms with Crippen molar-refractivity contribution < 1.29 is 14.3 Å². The van der Waals surface area contributed by atoms with Crippen molar-refractivity contribution in [1.29, 1.82) is 5.26 Å². The maximum Gasteiger partial charge on any atom is 0.234 e. The molecule has 2 rings (SSSR count). The lowest BCUT2D eigenvalue weighted by Crippen LogP contribution is -2.24. The number of amides is 1. The molecule has 0 fully saturated rings. The minimum absolute atomic E-state index is 0.116. The molecule has 2 aromatic carbocycles. The molecule has 0 aromatic heterocycles. The van der Waals surface area contributed by atoms with Gasteiger partial charge in [-0.3, -0.25) is 4.79 Å². The van der Waals surface area contributed by atoms with Gasteiger partial charge in [0.15, 0.2) is 0 Å². The second-order valence-corrected chi connectivity index (χ2v) is 6.19. The quantitative estimate of drug-likeness (QED) is 0.654. The maximum atomic E-state index is 11.2. The number of nitrogens with one attached hydrogen (secondary N) is 1. The predicted molar refractivity (Wildman–Crippen MR) is 101 cm³/mol. The van der Waals surface area contributed by atoms with Crippen LogP contribution in [0, 0.1) is 11.3 Å². The molecule has 0 radical (unpaired) electrons. The first-order valence-electron chi connectivity index (χ1n) is 8.01. The van der Waals surface area contributed by atoms with Crippen LogP contribution in [0.5, 0.6) is 11.5 Å². The Bertz CT molecular complexity index is 773. The lowest BCUT2D eigenvalue weighted by molar-refractivity contribution is -0.120. The summed E-state index contributed by atoms with van der Waals surface area (Å²) in [7, 11) is 0. The highest BCUT2D eigenvalue weighted by Crippen LogP contribution is 2.27. The Hall–Kier alpha value is -2.42. The number of benzene rings is 2. The zero-order valence-corrected chi connectivity index (χ0v) is 15.5. The van der Waals surface area contributed by atoms with Crippen molar-refractivity contribution in [3.63, 3.8) is 0 Å². The summed E-state index contributed by atoms with van der Waals surface area (Å²) in [6.07, 6.45) is 0.572. The topological polar surface area (TPSA) is 71.4 Å². The summed E-state index contributed by atoms with van der Waals surface area (Å²) in [5, 5.41) is 12.2. The summed E-state index contributed by atoms with van der Waals surface area (Å²) in [4.78, 5) is 11.2. The van der Waals surface area contributed by atoms with Crippen molar-refractivity contribution in [3.8, 4) is 17.6 Å². The fraction of sp³-hybridized carbons (Fsp3) is 0.263. The zero-order valence-electron chi connectivity index (χ0n) is 14.0. The molecule has 0 aliphatic carbocycles. The van der Waals surface area contributed by atoms with E-state index in [1.165, 1.54) is 0 Å². The Morgan fingerprint density at radius 1 is 1.08 bits per heavy atom. The zero-order chi connectivity index (χ0) is 18.8. The molecule has 7 heteroatoms. The van der Waals surface area contributed by atoms with Crippen LogP contribution in [-0.4, -0.2) is 25.7 Å². The molecule has 1 amide bonds. The molecule has 0 bridgehead atoms. The van der Waals surface area contributed by atoms with Gasteiger partial charge < -0.3 is 14.8 Å². The third-order valence-electron chi connectivity index (χ3n) is 3.40. The van der Waals surface area contributed by atoms with Crippen molar-refractivity contribution >= 4 is 29.1 Å². The van der Waals surface area contributed by atoms with Crippen LogP contribution in [0.3, 0.4) is 0 Å². The van der Waals surface area contributed by atoms with Crippen LogP contribution in [-0.2, 0) is 11.2 Å². The number of ether oxygens (including phenoxy) is 2. The standard InChI is InChI=1S/C19H18Cl2N2O3/c20-15-3-6-17(21)18(13-15)26-12-11-25-16-4-1-14(2-5-16)8-10-23-19(24)7-9-22/h1-6,13H,7-8,10-12H2,(H,23,24). The maximum absolute atomic E-state index is 11.2. The molecule has 0 saturated heterocycles. The SMILES string of the molecule is N#CCC(=O)NCCc1ccc(OCCOc2cc(Cl)ccc2Cl)cc1. The average molecular weight is 393 g/mol. The number of carbonyl (C=O) groups excluding carboxylic acids is 1. The number of halogens is 2. The molecule has 0 spiro atoms. The first-order chi connectivity index (χ1) is 12.6. The van der Waals surface area contributed by atoms with Crippen molar-refractivity contribution in [2.24, 2.45) is 0 Å². The number of carbonyl (C=O) groups is 1. The minimum Gasteiger partial charge on any atom is -0.490 e. The summed E-state index contributed by atoms with van der Waals surface area (Å²) >= 11 is 11.9. The number of hydrogen-bond donors (Lipinski definition) is 1. The van der Waals surface area contributed by atoms with E-state index in [9.17, 15) is 4.79 Å². The van der Waals surface area contributed by atoms with Crippen molar-refractivity contribution in [3.05, 3.63) is 58.1 Å². The van der Waals surface area contributed by atoms with Gasteiger partial charge in [0, 0.05) is 17.6 Å². The molecule has 0 atom stereocenters. The Morgan fingerprint density at radius 3 is 2.54 bits per heavy atom. The van der Waals surface area contributed by atoms with Crippen molar-refractivity contribution in [1.82, 2.24) is 5.32 Å². The highest BCUT2D eigenvalue weighted by Gasteiger charge is 2.03. The van der Waals surface area contributed by atoms with Gasteiger partial charge in [0.1, 0.15) is 31.1 Å². The normalized spacial score (nSPS) is 10.0. The van der Waals surface area contributed by atoms with E-state index in [1.807, 2.05) is 30.3 Å². The number of hydrogen-bond acceptors (Lipinski definition) is 4. The highest BCUT2D eigenvalue weighted by molar-refractivity contribution is 6.34. The van der Waals surface area contributed by atoms with Crippen LogP contribution in [0.25, 0.3) is 0 Å². The third kappa shape index (κ3) is 6.83. The summed E-state index contributed by atoms with van der Waals surface area (Å²) in [5.74, 6) is 0.992. The van der Waals surface area contributed by atoms with Gasteiger partial charge in [0.05, 0.1) is 11.1 Å². The lowest BCUT2D eigenvalue weighted by atomic mass is 10.1. The Morgan fingerprint density at radius 2 is 1.81 bits per heavy atom. The molecule has 26 heavy (non-hydrogen) atoms. The van der Waals surface area contributed by atoms with Crippen LogP contribution in [0.4, 0.5) is 0 Å². The van der Waals surface area contributed by atoms with E-state index in [4.69, 9.17) is 37.9 Å². The van der Waals surface area contributed by atoms with E-state index in [0.717, 1.165) is 11.3 Å². The molecule has 0 unspecified atom stereocenters. The van der Waals surface area contributed by atoms with Crippen LogP contribution in [0.2, 0.25) is 10.0 Å². The predicted octanol–water partition coefficient (Wildman–Crippen LogP) is 4.02. The fourth-order valence-electron chi connectivity index (χ4n) is 2.13. The largest absolute Gasteiger partial charge is 0.490 e. The Balaban J connectivity index is 1.69. The van der Waals surface area contributed by atoms with E-state index < -0.39 is 0 Å². The summed E-state index contributed by atoms with van der Waals surface area (Å²) in [5.41, 5.74) is 1.07. The van der Waals surface area contributed by atoms with Gasteiger partial charge in [-0.2, -0.15) is 5.26 Å². The van der Waals surface area contributed by atoms with Gasteiger partial charge in [-0.05, 0) is 36.2 Å². The minimum atomic E-state index is -0.257. The van der Waals surface area contributed by atoms with Crippen molar-refractivity contribution in [2.75, 3.05) is 19.8 Å². The Kier molecular flexibility index (Phi) is 8.07. The van der Waals surface area contributed by atoms with Gasteiger partial charge in [-0.25, -0.2) is 0 Å². The first-order valence-corrected chi connectivity index (χ1v) is 8.77. The molecule has 0 aliphatic heterocycles. The summed E-state index contributed by atoms with van der Waals surface area (Å²) < 4.78 is 11.2. The molecule has 2 aromatic rings. The van der Waals surface area contributed by atoms with Gasteiger partial charge in [-0.15, -0.1) is 0 Å². The first kappa shape index (κ1) is 19.9. The molecule has 1 N–H and O–H groups in total. The van der Waals surface area contributed by atoms with E-state index in [-0.39, 0.29) is 12.3 Å².